The van der Waals surface area contributed by atoms with Crippen molar-refractivity contribution < 1.29 is 5.11 Å². The maximum Gasteiger partial charge on any atom is 0.0916 e. The number of piperazine rings is 1. The van der Waals surface area contributed by atoms with E-state index in [2.05, 4.69) is 41.8 Å². The van der Waals surface area contributed by atoms with Gasteiger partial charge in [-0.1, -0.05) is 48.5 Å². The largest absolute Gasteiger partial charge is 0.387 e. The Morgan fingerprint density at radius 3 is 2.09 bits per heavy atom. The van der Waals surface area contributed by atoms with Gasteiger partial charge in [-0.2, -0.15) is 0 Å². The number of para-hydroxylation sites is 1. The van der Waals surface area contributed by atoms with Gasteiger partial charge in [0.15, 0.2) is 0 Å². The number of anilines is 1. The first kappa shape index (κ1) is 16.0. The molecule has 1 saturated heterocycles. The Hall–Kier alpha value is -1.84. The van der Waals surface area contributed by atoms with Crippen molar-refractivity contribution in [3.8, 4) is 0 Å². The van der Waals surface area contributed by atoms with E-state index < -0.39 is 6.10 Å². The van der Waals surface area contributed by atoms with Gasteiger partial charge in [0, 0.05) is 38.4 Å². The molecule has 2 aromatic carbocycles. The van der Waals surface area contributed by atoms with Crippen molar-refractivity contribution in [1.29, 1.82) is 0 Å². The molecule has 3 heteroatoms. The fourth-order valence-corrected chi connectivity index (χ4v) is 3.48. The molecule has 0 bridgehead atoms. The quantitative estimate of drug-likeness (QED) is 0.940. The minimum Gasteiger partial charge on any atom is -0.387 e. The number of benzene rings is 2. The van der Waals surface area contributed by atoms with E-state index in [0.717, 1.165) is 31.7 Å². The van der Waals surface area contributed by atoms with Crippen molar-refractivity contribution >= 4 is 5.69 Å². The van der Waals surface area contributed by atoms with Gasteiger partial charge in [0.2, 0.25) is 0 Å². The normalized spacial score (nSPS) is 17.3. The summed E-state index contributed by atoms with van der Waals surface area (Å²) in [5.41, 5.74) is 5.09. The lowest BCUT2D eigenvalue weighted by atomic mass is 10.1. The highest BCUT2D eigenvalue weighted by Gasteiger charge is 2.21. The molecule has 0 radical (unpaired) electrons. The van der Waals surface area contributed by atoms with Gasteiger partial charge in [-0.25, -0.2) is 0 Å². The van der Waals surface area contributed by atoms with Crippen molar-refractivity contribution in [3.63, 3.8) is 0 Å². The second-order valence-electron chi connectivity index (χ2n) is 6.45. The molecular weight excluding hydrogens is 284 g/mol. The zero-order valence-corrected chi connectivity index (χ0v) is 14.1. The van der Waals surface area contributed by atoms with Gasteiger partial charge in [0.05, 0.1) is 6.10 Å². The van der Waals surface area contributed by atoms with Crippen LogP contribution in [0.4, 0.5) is 5.69 Å². The summed E-state index contributed by atoms with van der Waals surface area (Å²) in [6, 6.07) is 16.5. The van der Waals surface area contributed by atoms with E-state index in [1.807, 2.05) is 30.3 Å². The molecule has 122 valence electrons. The molecule has 1 N–H and O–H groups in total. The maximum absolute atomic E-state index is 10.4. The standard InChI is InChI=1S/C20H26N2O/c1-16-7-6-8-17(2)20(16)22-13-11-21(12-14-22)15-19(23)18-9-4-3-5-10-18/h3-10,19,23H,11-15H2,1-2H3. The number of rotatable bonds is 4. The lowest BCUT2D eigenvalue weighted by molar-refractivity contribution is 0.109. The molecule has 3 rings (SSSR count). The molecule has 1 heterocycles. The van der Waals surface area contributed by atoms with E-state index in [1.165, 1.54) is 16.8 Å². The number of aliphatic hydroxyl groups is 1. The first-order chi connectivity index (χ1) is 11.1. The van der Waals surface area contributed by atoms with Crippen LogP contribution < -0.4 is 4.90 Å². The summed E-state index contributed by atoms with van der Waals surface area (Å²) in [5.74, 6) is 0. The van der Waals surface area contributed by atoms with Gasteiger partial charge >= 0.3 is 0 Å². The summed E-state index contributed by atoms with van der Waals surface area (Å²) in [6.45, 7) is 9.13. The second-order valence-corrected chi connectivity index (χ2v) is 6.45. The summed E-state index contributed by atoms with van der Waals surface area (Å²) in [6.07, 6.45) is -0.400. The average Bonchev–Trinajstić information content (AvgIpc) is 2.57. The molecule has 0 aromatic heterocycles. The van der Waals surface area contributed by atoms with Crippen LogP contribution in [-0.2, 0) is 0 Å². The molecular formula is C20H26N2O. The van der Waals surface area contributed by atoms with Crippen LogP contribution in [0.5, 0.6) is 0 Å². The zero-order chi connectivity index (χ0) is 16.2. The number of β-amino-alcohol motifs (C(OH)–C–C–N with tert-alkyl or cyclic N) is 1. The molecule has 1 aliphatic rings. The van der Waals surface area contributed by atoms with Gasteiger partial charge in [-0.15, -0.1) is 0 Å². The Morgan fingerprint density at radius 1 is 0.870 bits per heavy atom. The molecule has 1 atom stereocenters. The zero-order valence-electron chi connectivity index (χ0n) is 14.1. The van der Waals surface area contributed by atoms with Crippen LogP contribution in [0.15, 0.2) is 48.5 Å². The average molecular weight is 310 g/mol. The van der Waals surface area contributed by atoms with E-state index in [9.17, 15) is 5.11 Å². The lowest BCUT2D eigenvalue weighted by Crippen LogP contribution is -2.48. The summed E-state index contributed by atoms with van der Waals surface area (Å²) < 4.78 is 0. The fraction of sp³-hybridized carbons (Fsp3) is 0.400. The van der Waals surface area contributed by atoms with Gasteiger partial charge in [0.25, 0.3) is 0 Å². The van der Waals surface area contributed by atoms with Crippen LogP contribution in [0, 0.1) is 13.8 Å². The predicted octanol–water partition coefficient (Wildman–Crippen LogP) is 3.16. The highest BCUT2D eigenvalue weighted by molar-refractivity contribution is 5.59. The molecule has 1 aliphatic heterocycles. The van der Waals surface area contributed by atoms with Crippen LogP contribution in [-0.4, -0.2) is 42.7 Å². The van der Waals surface area contributed by atoms with E-state index in [-0.39, 0.29) is 0 Å². The second kappa shape index (κ2) is 7.16. The Morgan fingerprint density at radius 2 is 1.48 bits per heavy atom. The third-order valence-corrected chi connectivity index (χ3v) is 4.74. The third kappa shape index (κ3) is 3.74. The van der Waals surface area contributed by atoms with E-state index in [1.54, 1.807) is 0 Å². The van der Waals surface area contributed by atoms with Crippen LogP contribution in [0.3, 0.4) is 0 Å². The number of hydrogen-bond donors (Lipinski definition) is 1. The van der Waals surface area contributed by atoms with Gasteiger partial charge in [-0.05, 0) is 30.5 Å². The van der Waals surface area contributed by atoms with Gasteiger partial charge in [0.1, 0.15) is 0 Å². The molecule has 2 aromatic rings. The molecule has 0 spiro atoms. The summed E-state index contributed by atoms with van der Waals surface area (Å²) in [5, 5.41) is 10.4. The van der Waals surface area contributed by atoms with Gasteiger partial charge in [-0.3, -0.25) is 4.90 Å². The summed E-state index contributed by atoms with van der Waals surface area (Å²) in [7, 11) is 0. The first-order valence-corrected chi connectivity index (χ1v) is 8.41. The van der Waals surface area contributed by atoms with Gasteiger partial charge < -0.3 is 10.0 Å². The Balaban J connectivity index is 1.59. The smallest absolute Gasteiger partial charge is 0.0916 e. The maximum atomic E-state index is 10.4. The van der Waals surface area contributed by atoms with E-state index >= 15 is 0 Å². The number of hydrogen-bond acceptors (Lipinski definition) is 3. The first-order valence-electron chi connectivity index (χ1n) is 8.41. The number of nitrogens with zero attached hydrogens (tertiary/aromatic N) is 2. The van der Waals surface area contributed by atoms with Crippen molar-refractivity contribution in [2.24, 2.45) is 0 Å². The molecule has 23 heavy (non-hydrogen) atoms. The molecule has 1 fully saturated rings. The predicted molar refractivity (Wildman–Crippen MR) is 96.0 cm³/mol. The number of aryl methyl sites for hydroxylation is 2. The summed E-state index contributed by atoms with van der Waals surface area (Å²) >= 11 is 0. The van der Waals surface area contributed by atoms with E-state index in [4.69, 9.17) is 0 Å². The van der Waals surface area contributed by atoms with Crippen molar-refractivity contribution in [1.82, 2.24) is 4.90 Å². The monoisotopic (exact) mass is 310 g/mol. The molecule has 1 unspecified atom stereocenters. The Bertz CT molecular complexity index is 613. The minimum atomic E-state index is -0.400. The van der Waals surface area contributed by atoms with Crippen LogP contribution in [0.1, 0.15) is 22.8 Å². The van der Waals surface area contributed by atoms with Crippen molar-refractivity contribution in [3.05, 3.63) is 65.2 Å². The molecule has 0 saturated carbocycles. The SMILES string of the molecule is Cc1cccc(C)c1N1CCN(CC(O)c2ccccc2)CC1. The fourth-order valence-electron chi connectivity index (χ4n) is 3.48. The number of aliphatic hydroxyl groups excluding tert-OH is 1. The van der Waals surface area contributed by atoms with E-state index in [0.29, 0.717) is 6.54 Å². The Kier molecular flexibility index (Phi) is 4.99. The molecule has 0 aliphatic carbocycles. The highest BCUT2D eigenvalue weighted by atomic mass is 16.3. The minimum absolute atomic E-state index is 0.400. The molecule has 0 amide bonds. The van der Waals surface area contributed by atoms with Crippen LogP contribution in [0.2, 0.25) is 0 Å². The third-order valence-electron chi connectivity index (χ3n) is 4.74. The van der Waals surface area contributed by atoms with Crippen LogP contribution >= 0.6 is 0 Å². The van der Waals surface area contributed by atoms with Crippen molar-refractivity contribution in [2.75, 3.05) is 37.6 Å². The summed E-state index contributed by atoms with van der Waals surface area (Å²) in [4.78, 5) is 4.85. The Labute approximate surface area is 139 Å². The van der Waals surface area contributed by atoms with Crippen molar-refractivity contribution in [2.45, 2.75) is 20.0 Å². The topological polar surface area (TPSA) is 26.7 Å². The molecule has 3 nitrogen and oxygen atoms in total. The highest BCUT2D eigenvalue weighted by Crippen LogP contribution is 2.26. The lowest BCUT2D eigenvalue weighted by Gasteiger charge is -2.38. The van der Waals surface area contributed by atoms with Crippen LogP contribution in [0.25, 0.3) is 0 Å².